The lowest BCUT2D eigenvalue weighted by Crippen LogP contribution is -2.42. The van der Waals surface area contributed by atoms with Gasteiger partial charge in [0.05, 0.1) is 18.1 Å². The number of hydrogen-bond donors (Lipinski definition) is 1. The Hall–Kier alpha value is -1.16. The van der Waals surface area contributed by atoms with Gasteiger partial charge in [-0.15, -0.1) is 0 Å². The van der Waals surface area contributed by atoms with E-state index in [1.807, 2.05) is 12.4 Å². The Morgan fingerprint density at radius 3 is 2.62 bits per heavy atom. The number of hydrogen-bond acceptors (Lipinski definition) is 4. The van der Waals surface area contributed by atoms with E-state index in [4.69, 9.17) is 0 Å². The van der Waals surface area contributed by atoms with Crippen LogP contribution in [0.15, 0.2) is 18.7 Å². The van der Waals surface area contributed by atoms with Crippen LogP contribution in [0.3, 0.4) is 0 Å². The van der Waals surface area contributed by atoms with Gasteiger partial charge in [-0.3, -0.25) is 0 Å². The first-order valence-electron chi connectivity index (χ1n) is 6.13. The normalized spacial score (nSPS) is 17.7. The number of anilines is 1. The molecule has 0 aromatic carbocycles. The van der Waals surface area contributed by atoms with Crippen LogP contribution in [0.1, 0.15) is 26.2 Å². The summed E-state index contributed by atoms with van der Waals surface area (Å²) in [5.41, 5.74) is 1.15. The molecule has 4 nitrogen and oxygen atoms in total. The van der Waals surface area contributed by atoms with Crippen molar-refractivity contribution in [2.45, 2.75) is 32.2 Å². The minimum absolute atomic E-state index is 0.695. The molecule has 88 valence electrons. The van der Waals surface area contributed by atoms with Gasteiger partial charge in [0.15, 0.2) is 0 Å². The molecule has 1 aromatic rings. The Balaban J connectivity index is 1.81. The number of aromatic nitrogens is 2. The Kier molecular flexibility index (Phi) is 4.10. The van der Waals surface area contributed by atoms with E-state index in [0.717, 1.165) is 25.3 Å². The van der Waals surface area contributed by atoms with Gasteiger partial charge in [-0.1, -0.05) is 6.92 Å². The third kappa shape index (κ3) is 2.92. The van der Waals surface area contributed by atoms with Crippen LogP contribution in [0.2, 0.25) is 0 Å². The Labute approximate surface area is 97.1 Å². The second-order valence-electron chi connectivity index (χ2n) is 4.31. The molecule has 1 aromatic heterocycles. The van der Waals surface area contributed by atoms with E-state index in [1.165, 1.54) is 19.3 Å². The molecule has 0 saturated carbocycles. The maximum atomic E-state index is 4.06. The fraction of sp³-hybridized carbons (Fsp3) is 0.667. The Morgan fingerprint density at radius 2 is 2.00 bits per heavy atom. The van der Waals surface area contributed by atoms with Gasteiger partial charge in [0.1, 0.15) is 6.33 Å². The predicted molar refractivity (Wildman–Crippen MR) is 65.6 cm³/mol. The standard InChI is InChI=1S/C12H20N4/c1-2-5-15-11-3-6-16(7-4-11)12-8-13-10-14-9-12/h8-11,15H,2-7H2,1H3. The molecule has 0 unspecified atom stereocenters. The molecule has 1 saturated heterocycles. The van der Waals surface area contributed by atoms with Crippen molar-refractivity contribution in [3.05, 3.63) is 18.7 Å². The molecule has 1 N–H and O–H groups in total. The summed E-state index contributed by atoms with van der Waals surface area (Å²) >= 11 is 0. The van der Waals surface area contributed by atoms with Crippen molar-refractivity contribution in [1.29, 1.82) is 0 Å². The lowest BCUT2D eigenvalue weighted by atomic mass is 10.0. The van der Waals surface area contributed by atoms with E-state index in [0.29, 0.717) is 6.04 Å². The van der Waals surface area contributed by atoms with Crippen molar-refractivity contribution < 1.29 is 0 Å². The first kappa shape index (κ1) is 11.3. The maximum Gasteiger partial charge on any atom is 0.115 e. The molecule has 0 aliphatic carbocycles. The number of rotatable bonds is 4. The molecule has 16 heavy (non-hydrogen) atoms. The van der Waals surface area contributed by atoms with Crippen molar-refractivity contribution in [2.75, 3.05) is 24.5 Å². The zero-order valence-corrected chi connectivity index (χ0v) is 9.89. The van der Waals surface area contributed by atoms with Gasteiger partial charge in [0, 0.05) is 19.1 Å². The molecule has 4 heteroatoms. The zero-order chi connectivity index (χ0) is 11.2. The predicted octanol–water partition coefficient (Wildman–Crippen LogP) is 1.45. The highest BCUT2D eigenvalue weighted by atomic mass is 15.2. The summed E-state index contributed by atoms with van der Waals surface area (Å²) in [6.07, 6.45) is 9.02. The van der Waals surface area contributed by atoms with E-state index in [2.05, 4.69) is 27.1 Å². The number of piperidine rings is 1. The van der Waals surface area contributed by atoms with E-state index in [9.17, 15) is 0 Å². The summed E-state index contributed by atoms with van der Waals surface area (Å²) in [6.45, 7) is 5.56. The van der Waals surface area contributed by atoms with E-state index >= 15 is 0 Å². The van der Waals surface area contributed by atoms with Crippen LogP contribution in [0.25, 0.3) is 0 Å². The molecular weight excluding hydrogens is 200 g/mol. The van der Waals surface area contributed by atoms with Crippen molar-refractivity contribution in [1.82, 2.24) is 15.3 Å². The van der Waals surface area contributed by atoms with Gasteiger partial charge in [0.2, 0.25) is 0 Å². The fourth-order valence-electron chi connectivity index (χ4n) is 2.14. The van der Waals surface area contributed by atoms with Crippen molar-refractivity contribution in [3.63, 3.8) is 0 Å². The Morgan fingerprint density at radius 1 is 1.31 bits per heavy atom. The number of nitrogens with zero attached hydrogens (tertiary/aromatic N) is 3. The van der Waals surface area contributed by atoms with Crippen LogP contribution in [-0.2, 0) is 0 Å². The fourth-order valence-corrected chi connectivity index (χ4v) is 2.14. The highest BCUT2D eigenvalue weighted by Crippen LogP contribution is 2.17. The average molecular weight is 220 g/mol. The lowest BCUT2D eigenvalue weighted by molar-refractivity contribution is 0.415. The quantitative estimate of drug-likeness (QED) is 0.833. The molecule has 2 rings (SSSR count). The van der Waals surface area contributed by atoms with Crippen LogP contribution in [0.5, 0.6) is 0 Å². The second kappa shape index (κ2) is 5.80. The second-order valence-corrected chi connectivity index (χ2v) is 4.31. The summed E-state index contributed by atoms with van der Waals surface area (Å²) in [4.78, 5) is 10.5. The van der Waals surface area contributed by atoms with E-state index < -0.39 is 0 Å². The van der Waals surface area contributed by atoms with Crippen LogP contribution >= 0.6 is 0 Å². The highest BCUT2D eigenvalue weighted by molar-refractivity contribution is 5.41. The summed E-state index contributed by atoms with van der Waals surface area (Å²) in [5.74, 6) is 0. The Bertz CT molecular complexity index is 293. The largest absolute Gasteiger partial charge is 0.369 e. The topological polar surface area (TPSA) is 41.0 Å². The van der Waals surface area contributed by atoms with Crippen LogP contribution in [0, 0.1) is 0 Å². The van der Waals surface area contributed by atoms with Gasteiger partial charge >= 0.3 is 0 Å². The van der Waals surface area contributed by atoms with E-state index in [1.54, 1.807) is 6.33 Å². The van der Waals surface area contributed by atoms with E-state index in [-0.39, 0.29) is 0 Å². The minimum Gasteiger partial charge on any atom is -0.369 e. The molecule has 2 heterocycles. The molecule has 0 atom stereocenters. The summed E-state index contributed by atoms with van der Waals surface area (Å²) in [5, 5.41) is 3.59. The lowest BCUT2D eigenvalue weighted by Gasteiger charge is -2.33. The maximum absolute atomic E-state index is 4.06. The summed E-state index contributed by atoms with van der Waals surface area (Å²) in [6, 6.07) is 0.695. The van der Waals surface area contributed by atoms with Crippen molar-refractivity contribution in [2.24, 2.45) is 0 Å². The molecular formula is C12H20N4. The molecule has 0 spiro atoms. The first-order chi connectivity index (χ1) is 7.90. The molecule has 0 bridgehead atoms. The van der Waals surface area contributed by atoms with Crippen LogP contribution in [0.4, 0.5) is 5.69 Å². The molecule has 1 aliphatic rings. The van der Waals surface area contributed by atoms with Gasteiger partial charge in [0.25, 0.3) is 0 Å². The van der Waals surface area contributed by atoms with Crippen LogP contribution in [-0.4, -0.2) is 35.6 Å². The molecule has 0 radical (unpaired) electrons. The van der Waals surface area contributed by atoms with Crippen molar-refractivity contribution >= 4 is 5.69 Å². The highest BCUT2D eigenvalue weighted by Gasteiger charge is 2.18. The van der Waals surface area contributed by atoms with Crippen LogP contribution < -0.4 is 10.2 Å². The first-order valence-corrected chi connectivity index (χ1v) is 6.13. The SMILES string of the molecule is CCCNC1CCN(c2cncnc2)CC1. The molecule has 1 fully saturated rings. The average Bonchev–Trinajstić information content (AvgIpc) is 2.38. The monoisotopic (exact) mass is 220 g/mol. The summed E-state index contributed by atoms with van der Waals surface area (Å²) in [7, 11) is 0. The third-order valence-corrected chi connectivity index (χ3v) is 3.09. The van der Waals surface area contributed by atoms with Gasteiger partial charge < -0.3 is 10.2 Å². The van der Waals surface area contributed by atoms with Gasteiger partial charge in [-0.05, 0) is 25.8 Å². The van der Waals surface area contributed by atoms with Gasteiger partial charge in [-0.25, -0.2) is 9.97 Å². The third-order valence-electron chi connectivity index (χ3n) is 3.09. The van der Waals surface area contributed by atoms with Crippen molar-refractivity contribution in [3.8, 4) is 0 Å². The molecule has 0 amide bonds. The summed E-state index contributed by atoms with van der Waals surface area (Å²) < 4.78 is 0. The smallest absolute Gasteiger partial charge is 0.115 e. The zero-order valence-electron chi connectivity index (χ0n) is 9.89. The molecule has 1 aliphatic heterocycles. The van der Waals surface area contributed by atoms with Gasteiger partial charge in [-0.2, -0.15) is 0 Å². The number of nitrogens with one attached hydrogen (secondary N) is 1. The minimum atomic E-state index is 0.695.